The molecule has 1 aromatic heterocycles. The number of fused-ring (bicyclic) bond motifs is 3. The Morgan fingerprint density at radius 3 is 2.43 bits per heavy atom. The molecular formula is C26H41N3O. The van der Waals surface area contributed by atoms with Crippen molar-refractivity contribution in [3.8, 4) is 0 Å². The summed E-state index contributed by atoms with van der Waals surface area (Å²) < 4.78 is 2.35. The molecule has 0 saturated heterocycles. The minimum absolute atomic E-state index is 0.193. The molecule has 4 heteroatoms. The molecule has 1 unspecified atom stereocenters. The summed E-state index contributed by atoms with van der Waals surface area (Å²) >= 11 is 0. The van der Waals surface area contributed by atoms with Crippen LogP contribution in [0.1, 0.15) is 71.2 Å². The van der Waals surface area contributed by atoms with Crippen molar-refractivity contribution in [3.63, 3.8) is 0 Å². The second-order valence-electron chi connectivity index (χ2n) is 9.84. The van der Waals surface area contributed by atoms with Crippen molar-refractivity contribution in [3.05, 3.63) is 35.5 Å². The maximum Gasteiger partial charge on any atom is 0.222 e. The smallest absolute Gasteiger partial charge is 0.222 e. The SMILES string of the molecule is CCC(=O)N1CCc2c(n(C)c3ccccc23)C1CCCN(CC(C)C)CC(C)C. The number of carbonyl (C=O) groups excluding carboxylic acids is 1. The van der Waals surface area contributed by atoms with Gasteiger partial charge in [-0.15, -0.1) is 0 Å². The Bertz CT molecular complexity index is 841. The van der Waals surface area contributed by atoms with Gasteiger partial charge in [-0.2, -0.15) is 0 Å². The highest BCUT2D eigenvalue weighted by molar-refractivity contribution is 5.87. The van der Waals surface area contributed by atoms with Crippen LogP contribution >= 0.6 is 0 Å². The van der Waals surface area contributed by atoms with E-state index in [1.807, 2.05) is 6.92 Å². The van der Waals surface area contributed by atoms with Crippen LogP contribution in [0.25, 0.3) is 10.9 Å². The third-order valence-corrected chi connectivity index (χ3v) is 6.38. The van der Waals surface area contributed by atoms with Crippen LogP contribution < -0.4 is 0 Å². The molecule has 0 N–H and O–H groups in total. The second kappa shape index (κ2) is 10.00. The fourth-order valence-corrected chi connectivity index (χ4v) is 5.31. The first-order valence-corrected chi connectivity index (χ1v) is 11.9. The highest BCUT2D eigenvalue weighted by atomic mass is 16.2. The average molecular weight is 412 g/mol. The van der Waals surface area contributed by atoms with Gasteiger partial charge in [0.15, 0.2) is 0 Å². The summed E-state index contributed by atoms with van der Waals surface area (Å²) in [7, 11) is 2.18. The molecule has 0 saturated carbocycles. The second-order valence-corrected chi connectivity index (χ2v) is 9.84. The summed E-state index contributed by atoms with van der Waals surface area (Å²) in [5.74, 6) is 1.65. The van der Waals surface area contributed by atoms with Gasteiger partial charge in [-0.1, -0.05) is 52.8 Å². The van der Waals surface area contributed by atoms with Crippen molar-refractivity contribution in [2.75, 3.05) is 26.2 Å². The number of aromatic nitrogens is 1. The van der Waals surface area contributed by atoms with Crippen LogP contribution in [-0.2, 0) is 18.3 Å². The topological polar surface area (TPSA) is 28.5 Å². The summed E-state index contributed by atoms with van der Waals surface area (Å²) in [5, 5.41) is 1.37. The Kier molecular flexibility index (Phi) is 7.62. The molecule has 2 aromatic rings. The first kappa shape index (κ1) is 22.9. The molecule has 4 nitrogen and oxygen atoms in total. The monoisotopic (exact) mass is 411 g/mol. The van der Waals surface area contributed by atoms with Gasteiger partial charge in [-0.05, 0) is 49.3 Å². The molecule has 1 amide bonds. The van der Waals surface area contributed by atoms with E-state index < -0.39 is 0 Å². The van der Waals surface area contributed by atoms with E-state index in [4.69, 9.17) is 0 Å². The van der Waals surface area contributed by atoms with Crippen LogP contribution in [0.15, 0.2) is 24.3 Å². The number of benzene rings is 1. The lowest BCUT2D eigenvalue weighted by Crippen LogP contribution is -2.41. The fraction of sp³-hybridized carbons (Fsp3) is 0.654. The number of rotatable bonds is 9. The number of aryl methyl sites for hydroxylation is 1. The van der Waals surface area contributed by atoms with Gasteiger partial charge in [0.1, 0.15) is 0 Å². The van der Waals surface area contributed by atoms with Crippen LogP contribution in [0.3, 0.4) is 0 Å². The zero-order valence-electron chi connectivity index (χ0n) is 19.9. The fourth-order valence-electron chi connectivity index (χ4n) is 5.31. The first-order valence-electron chi connectivity index (χ1n) is 11.9. The lowest BCUT2D eigenvalue weighted by Gasteiger charge is -2.37. The molecule has 0 spiro atoms. The minimum Gasteiger partial charge on any atom is -0.346 e. The molecule has 0 radical (unpaired) electrons. The first-order chi connectivity index (χ1) is 14.3. The van der Waals surface area contributed by atoms with E-state index in [2.05, 4.69) is 73.4 Å². The molecule has 0 bridgehead atoms. The summed E-state index contributed by atoms with van der Waals surface area (Å²) in [6.45, 7) is 15.5. The van der Waals surface area contributed by atoms with Gasteiger partial charge in [0.25, 0.3) is 0 Å². The lowest BCUT2D eigenvalue weighted by atomic mass is 9.93. The normalized spacial score (nSPS) is 16.8. The van der Waals surface area contributed by atoms with Crippen molar-refractivity contribution in [1.29, 1.82) is 0 Å². The summed E-state index contributed by atoms with van der Waals surface area (Å²) in [4.78, 5) is 17.6. The molecule has 1 aliphatic rings. The van der Waals surface area contributed by atoms with Gasteiger partial charge in [0.2, 0.25) is 5.91 Å². The molecule has 0 aliphatic carbocycles. The molecule has 166 valence electrons. The third kappa shape index (κ3) is 4.91. The van der Waals surface area contributed by atoms with Gasteiger partial charge < -0.3 is 14.4 Å². The zero-order chi connectivity index (χ0) is 21.8. The molecule has 1 atom stereocenters. The Hall–Kier alpha value is -1.81. The van der Waals surface area contributed by atoms with E-state index in [1.54, 1.807) is 0 Å². The van der Waals surface area contributed by atoms with Crippen molar-refractivity contribution in [2.24, 2.45) is 18.9 Å². The van der Waals surface area contributed by atoms with Crippen LogP contribution in [0.5, 0.6) is 0 Å². The summed E-state index contributed by atoms with van der Waals surface area (Å²) in [6, 6.07) is 8.91. The molecule has 1 aromatic carbocycles. The van der Waals surface area contributed by atoms with E-state index in [1.165, 1.54) is 22.2 Å². The Balaban J connectivity index is 1.84. The Morgan fingerprint density at radius 1 is 1.13 bits per heavy atom. The number of hydrogen-bond acceptors (Lipinski definition) is 2. The highest BCUT2D eigenvalue weighted by Gasteiger charge is 2.33. The molecule has 30 heavy (non-hydrogen) atoms. The standard InChI is InChI=1S/C26H41N3O/c1-7-25(30)29-16-14-22-21-11-8-9-12-23(21)27(6)26(22)24(29)13-10-15-28(17-19(2)3)18-20(4)5/h8-9,11-12,19-20,24H,7,10,13-18H2,1-6H3. The molecule has 0 fully saturated rings. The minimum atomic E-state index is 0.193. The summed E-state index contributed by atoms with van der Waals surface area (Å²) in [5.41, 5.74) is 4.11. The van der Waals surface area contributed by atoms with Crippen LogP contribution in [0.4, 0.5) is 0 Å². The van der Waals surface area contributed by atoms with E-state index in [-0.39, 0.29) is 11.9 Å². The molecule has 2 heterocycles. The van der Waals surface area contributed by atoms with Crippen LogP contribution in [0, 0.1) is 11.8 Å². The number of nitrogens with zero attached hydrogens (tertiary/aromatic N) is 3. The van der Waals surface area contributed by atoms with Crippen molar-refractivity contribution < 1.29 is 4.79 Å². The van der Waals surface area contributed by atoms with Crippen LogP contribution in [0.2, 0.25) is 0 Å². The highest BCUT2D eigenvalue weighted by Crippen LogP contribution is 2.39. The van der Waals surface area contributed by atoms with Crippen molar-refractivity contribution in [2.45, 2.75) is 66.3 Å². The summed E-state index contributed by atoms with van der Waals surface area (Å²) in [6.07, 6.45) is 3.71. The Labute approximate surface area is 183 Å². The number of para-hydroxylation sites is 1. The maximum atomic E-state index is 12.8. The predicted octanol–water partition coefficient (Wildman–Crippen LogP) is 5.41. The third-order valence-electron chi connectivity index (χ3n) is 6.38. The van der Waals surface area contributed by atoms with Crippen molar-refractivity contribution >= 4 is 16.8 Å². The van der Waals surface area contributed by atoms with E-state index >= 15 is 0 Å². The van der Waals surface area contributed by atoms with Crippen LogP contribution in [-0.4, -0.2) is 46.5 Å². The average Bonchev–Trinajstić information content (AvgIpc) is 2.99. The van der Waals surface area contributed by atoms with E-state index in [0.717, 1.165) is 45.4 Å². The molecular weight excluding hydrogens is 370 g/mol. The zero-order valence-corrected chi connectivity index (χ0v) is 19.9. The van der Waals surface area contributed by atoms with Gasteiger partial charge in [-0.3, -0.25) is 4.79 Å². The Morgan fingerprint density at radius 2 is 1.80 bits per heavy atom. The number of amides is 1. The number of hydrogen-bond donors (Lipinski definition) is 0. The molecule has 1 aliphatic heterocycles. The van der Waals surface area contributed by atoms with Gasteiger partial charge in [0, 0.05) is 49.7 Å². The predicted molar refractivity (Wildman–Crippen MR) is 127 cm³/mol. The lowest BCUT2D eigenvalue weighted by molar-refractivity contribution is -0.134. The quantitative estimate of drug-likeness (QED) is 0.552. The van der Waals surface area contributed by atoms with Gasteiger partial charge >= 0.3 is 0 Å². The number of carbonyl (C=O) groups is 1. The van der Waals surface area contributed by atoms with Gasteiger partial charge in [0.05, 0.1) is 6.04 Å². The van der Waals surface area contributed by atoms with E-state index in [9.17, 15) is 4.79 Å². The maximum absolute atomic E-state index is 12.8. The molecule has 3 rings (SSSR count). The van der Waals surface area contributed by atoms with Gasteiger partial charge in [-0.25, -0.2) is 0 Å². The van der Waals surface area contributed by atoms with E-state index in [0.29, 0.717) is 18.3 Å². The van der Waals surface area contributed by atoms with Crippen molar-refractivity contribution in [1.82, 2.24) is 14.4 Å². The largest absolute Gasteiger partial charge is 0.346 e.